The minimum Gasteiger partial charge on any atom is -0.478 e. The molecule has 0 aliphatic heterocycles. The van der Waals surface area contributed by atoms with Crippen LogP contribution in [0.5, 0.6) is 0 Å². The van der Waals surface area contributed by atoms with Gasteiger partial charge in [-0.15, -0.1) is 0 Å². The Morgan fingerprint density at radius 3 is 2.79 bits per heavy atom. The van der Waals surface area contributed by atoms with Gasteiger partial charge in [-0.3, -0.25) is 0 Å². The van der Waals surface area contributed by atoms with Gasteiger partial charge in [0, 0.05) is 0 Å². The number of carbonyl (C=O) groups is 1. The van der Waals surface area contributed by atoms with Gasteiger partial charge in [0.25, 0.3) is 0 Å². The average Bonchev–Trinajstić information content (AvgIpc) is 2.18. The van der Waals surface area contributed by atoms with Crippen molar-refractivity contribution in [2.24, 2.45) is 4.99 Å². The van der Waals surface area contributed by atoms with Crippen molar-refractivity contribution in [2.75, 3.05) is 0 Å². The van der Waals surface area contributed by atoms with E-state index in [-0.39, 0.29) is 5.56 Å². The Labute approximate surface area is 80.9 Å². The van der Waals surface area contributed by atoms with Crippen molar-refractivity contribution in [3.63, 3.8) is 0 Å². The highest BCUT2D eigenvalue weighted by atomic mass is 16.4. The maximum absolute atomic E-state index is 10.8. The Morgan fingerprint density at radius 2 is 2.29 bits per heavy atom. The van der Waals surface area contributed by atoms with E-state index in [0.29, 0.717) is 17.7 Å². The Balaban J connectivity index is 3.39. The molecule has 0 saturated heterocycles. The van der Waals surface area contributed by atoms with E-state index < -0.39 is 5.97 Å². The first-order valence-corrected chi connectivity index (χ1v) is 4.13. The molecule has 4 heteroatoms. The van der Waals surface area contributed by atoms with Gasteiger partial charge in [-0.2, -0.15) is 4.99 Å². The van der Waals surface area contributed by atoms with Gasteiger partial charge in [-0.25, -0.2) is 9.59 Å². The van der Waals surface area contributed by atoms with E-state index in [2.05, 4.69) is 4.99 Å². The molecular weight excluding hydrogens is 182 g/mol. The Morgan fingerprint density at radius 1 is 1.57 bits per heavy atom. The number of aromatic carboxylic acids is 1. The first-order chi connectivity index (χ1) is 6.70. The molecule has 0 aliphatic carbocycles. The van der Waals surface area contributed by atoms with Crippen LogP contribution in [0.4, 0.5) is 5.69 Å². The summed E-state index contributed by atoms with van der Waals surface area (Å²) in [6, 6.07) is 4.64. The molecule has 1 aromatic carbocycles. The van der Waals surface area contributed by atoms with Crippen LogP contribution in [0.2, 0.25) is 0 Å². The molecule has 0 amide bonds. The van der Waals surface area contributed by atoms with Gasteiger partial charge < -0.3 is 5.11 Å². The molecule has 0 saturated carbocycles. The highest BCUT2D eigenvalue weighted by Crippen LogP contribution is 2.22. The largest absolute Gasteiger partial charge is 0.478 e. The maximum Gasteiger partial charge on any atom is 0.336 e. The Kier molecular flexibility index (Phi) is 3.15. The summed E-state index contributed by atoms with van der Waals surface area (Å²) in [7, 11) is 0. The molecule has 0 spiro atoms. The fraction of sp³-hybridized carbons (Fsp3) is 0.200. The number of carboxylic acid groups (broad SMARTS) is 1. The molecule has 0 fully saturated rings. The van der Waals surface area contributed by atoms with E-state index in [1.165, 1.54) is 12.1 Å². The number of benzene rings is 1. The highest BCUT2D eigenvalue weighted by Gasteiger charge is 2.11. The van der Waals surface area contributed by atoms with Crippen LogP contribution in [0.3, 0.4) is 0 Å². The number of isocyanates is 1. The van der Waals surface area contributed by atoms with Crippen LogP contribution in [0.1, 0.15) is 22.8 Å². The van der Waals surface area contributed by atoms with Crippen molar-refractivity contribution in [1.82, 2.24) is 0 Å². The number of nitrogens with zero attached hydrogens (tertiary/aromatic N) is 1. The molecule has 0 aromatic heterocycles. The summed E-state index contributed by atoms with van der Waals surface area (Å²) < 4.78 is 0. The van der Waals surface area contributed by atoms with Gasteiger partial charge in [0.05, 0.1) is 11.3 Å². The van der Waals surface area contributed by atoms with Crippen molar-refractivity contribution in [1.29, 1.82) is 0 Å². The number of carboxylic acids is 1. The summed E-state index contributed by atoms with van der Waals surface area (Å²) >= 11 is 0. The standard InChI is InChI=1S/C10H9NO3/c1-2-7-8(10(13)14)4-3-5-9(7)11-6-12/h3-5H,2H2,1H3,(H,13,14). The van der Waals surface area contributed by atoms with Crippen LogP contribution in [0, 0.1) is 0 Å². The van der Waals surface area contributed by atoms with Gasteiger partial charge in [0.15, 0.2) is 0 Å². The number of hydrogen-bond donors (Lipinski definition) is 1. The van der Waals surface area contributed by atoms with E-state index in [9.17, 15) is 9.59 Å². The summed E-state index contributed by atoms with van der Waals surface area (Å²) in [5.74, 6) is -1.01. The van der Waals surface area contributed by atoms with Crippen molar-refractivity contribution in [3.05, 3.63) is 29.3 Å². The third-order valence-corrected chi connectivity index (χ3v) is 1.90. The molecule has 0 heterocycles. The predicted octanol–water partition coefficient (Wildman–Crippen LogP) is 1.91. The van der Waals surface area contributed by atoms with Crippen molar-refractivity contribution in [3.8, 4) is 0 Å². The second kappa shape index (κ2) is 4.35. The molecule has 1 N–H and O–H groups in total. The van der Waals surface area contributed by atoms with Crippen molar-refractivity contribution < 1.29 is 14.7 Å². The summed E-state index contributed by atoms with van der Waals surface area (Å²) in [5.41, 5.74) is 1.12. The number of carbonyl (C=O) groups excluding carboxylic acids is 1. The van der Waals surface area contributed by atoms with Gasteiger partial charge in [0.2, 0.25) is 6.08 Å². The van der Waals surface area contributed by atoms with Crippen molar-refractivity contribution >= 4 is 17.7 Å². The molecule has 0 atom stereocenters. The molecule has 0 unspecified atom stereocenters. The van der Waals surface area contributed by atoms with Crippen LogP contribution < -0.4 is 0 Å². The first-order valence-electron chi connectivity index (χ1n) is 4.13. The Hall–Kier alpha value is -1.93. The molecule has 0 bridgehead atoms. The minimum absolute atomic E-state index is 0.184. The summed E-state index contributed by atoms with van der Waals surface area (Å²) in [6.07, 6.45) is 1.92. The zero-order valence-corrected chi connectivity index (χ0v) is 7.65. The summed E-state index contributed by atoms with van der Waals surface area (Å²) in [4.78, 5) is 24.3. The third kappa shape index (κ3) is 1.87. The smallest absolute Gasteiger partial charge is 0.336 e. The van der Waals surface area contributed by atoms with Crippen LogP contribution in [-0.2, 0) is 11.2 Å². The van der Waals surface area contributed by atoms with E-state index in [1.54, 1.807) is 12.1 Å². The van der Waals surface area contributed by atoms with E-state index in [0.717, 1.165) is 0 Å². The van der Waals surface area contributed by atoms with Crippen LogP contribution in [-0.4, -0.2) is 17.2 Å². The fourth-order valence-corrected chi connectivity index (χ4v) is 1.30. The van der Waals surface area contributed by atoms with Gasteiger partial charge in [0.1, 0.15) is 0 Å². The zero-order chi connectivity index (χ0) is 10.6. The molecule has 0 aliphatic rings. The third-order valence-electron chi connectivity index (χ3n) is 1.90. The normalized spacial score (nSPS) is 9.21. The number of rotatable bonds is 3. The number of aliphatic imine (C=N–C) groups is 1. The lowest BCUT2D eigenvalue weighted by Crippen LogP contribution is -2.01. The first kappa shape index (κ1) is 10.2. The lowest BCUT2D eigenvalue weighted by atomic mass is 10.0. The molecular formula is C10H9NO3. The van der Waals surface area contributed by atoms with E-state index in [4.69, 9.17) is 5.11 Å². The highest BCUT2D eigenvalue weighted by molar-refractivity contribution is 5.91. The van der Waals surface area contributed by atoms with Crippen molar-refractivity contribution in [2.45, 2.75) is 13.3 Å². The lowest BCUT2D eigenvalue weighted by molar-refractivity contribution is 0.0696. The lowest BCUT2D eigenvalue weighted by Gasteiger charge is -2.04. The van der Waals surface area contributed by atoms with Gasteiger partial charge in [-0.05, 0) is 24.1 Å². The molecule has 1 aromatic rings. The SMILES string of the molecule is CCc1c(N=C=O)cccc1C(=O)O. The van der Waals surface area contributed by atoms with Gasteiger partial charge >= 0.3 is 5.97 Å². The quantitative estimate of drug-likeness (QED) is 0.586. The van der Waals surface area contributed by atoms with Gasteiger partial charge in [-0.1, -0.05) is 13.0 Å². The summed E-state index contributed by atoms with van der Waals surface area (Å²) in [6.45, 7) is 1.81. The second-order valence-corrected chi connectivity index (χ2v) is 2.67. The van der Waals surface area contributed by atoms with Crippen LogP contribution in [0.25, 0.3) is 0 Å². The Bertz CT molecular complexity index is 386. The minimum atomic E-state index is -1.01. The van der Waals surface area contributed by atoms with E-state index in [1.807, 2.05) is 6.92 Å². The monoisotopic (exact) mass is 191 g/mol. The average molecular weight is 191 g/mol. The maximum atomic E-state index is 10.8. The van der Waals surface area contributed by atoms with Crippen LogP contribution >= 0.6 is 0 Å². The molecule has 0 radical (unpaired) electrons. The number of hydrogen-bond acceptors (Lipinski definition) is 3. The fourth-order valence-electron chi connectivity index (χ4n) is 1.30. The zero-order valence-electron chi connectivity index (χ0n) is 7.65. The molecule has 14 heavy (non-hydrogen) atoms. The van der Waals surface area contributed by atoms with E-state index >= 15 is 0 Å². The van der Waals surface area contributed by atoms with Crippen LogP contribution in [0.15, 0.2) is 23.2 Å². The topological polar surface area (TPSA) is 66.7 Å². The predicted molar refractivity (Wildman–Crippen MR) is 50.6 cm³/mol. The molecule has 72 valence electrons. The molecule has 4 nitrogen and oxygen atoms in total. The second-order valence-electron chi connectivity index (χ2n) is 2.67. The molecule has 1 rings (SSSR count). The summed E-state index contributed by atoms with van der Waals surface area (Å²) in [5, 5.41) is 8.85.